The van der Waals surface area contributed by atoms with E-state index >= 15 is 0 Å². The topological polar surface area (TPSA) is 24.9 Å². The molecule has 2 nitrogen and oxygen atoms in total. The lowest BCUT2D eigenvalue weighted by Crippen LogP contribution is -2.21. The van der Waals surface area contributed by atoms with Gasteiger partial charge in [-0.2, -0.15) is 0 Å². The van der Waals surface area contributed by atoms with E-state index < -0.39 is 0 Å². The Balaban J connectivity index is 1.99. The van der Waals surface area contributed by atoms with Gasteiger partial charge in [0, 0.05) is 24.5 Å². The predicted molar refractivity (Wildman–Crippen MR) is 91.7 cm³/mol. The number of pyridine rings is 1. The fourth-order valence-electron chi connectivity index (χ4n) is 2.11. The first-order valence-electron chi connectivity index (χ1n) is 7.42. The maximum absolute atomic E-state index is 4.62. The molecule has 0 bridgehead atoms. The van der Waals surface area contributed by atoms with Gasteiger partial charge in [-0.1, -0.05) is 44.2 Å². The molecule has 0 saturated carbocycles. The lowest BCUT2D eigenvalue weighted by molar-refractivity contribution is 0.587. The van der Waals surface area contributed by atoms with Crippen LogP contribution in [-0.4, -0.2) is 11.0 Å². The van der Waals surface area contributed by atoms with Crippen LogP contribution in [0.1, 0.15) is 36.1 Å². The van der Waals surface area contributed by atoms with Gasteiger partial charge in [0.05, 0.1) is 5.03 Å². The average Bonchev–Trinajstić information content (AvgIpc) is 2.45. The zero-order valence-corrected chi connectivity index (χ0v) is 14.1. The van der Waals surface area contributed by atoms with Crippen molar-refractivity contribution in [1.82, 2.24) is 10.3 Å². The lowest BCUT2D eigenvalue weighted by Gasteiger charge is -2.11. The smallest absolute Gasteiger partial charge is 0.0992 e. The third-order valence-corrected chi connectivity index (χ3v) is 4.58. The Morgan fingerprint density at radius 3 is 2.57 bits per heavy atom. The molecule has 0 aliphatic rings. The van der Waals surface area contributed by atoms with Crippen molar-refractivity contribution >= 4 is 11.8 Å². The standard InChI is InChI=1S/C18H24N2S/c1-13(2)19-10-16-9-15(4)18(20-11-16)21-12-17-8-6-5-7-14(17)3/h5-9,11,13,19H,10,12H2,1-4H3. The molecule has 1 aromatic carbocycles. The zero-order valence-electron chi connectivity index (χ0n) is 13.3. The molecule has 2 aromatic rings. The highest BCUT2D eigenvalue weighted by Gasteiger charge is 2.05. The van der Waals surface area contributed by atoms with Crippen LogP contribution in [0.5, 0.6) is 0 Å². The van der Waals surface area contributed by atoms with Crippen molar-refractivity contribution < 1.29 is 0 Å². The maximum atomic E-state index is 4.62. The van der Waals surface area contributed by atoms with Crippen LogP contribution in [0.25, 0.3) is 0 Å². The quantitative estimate of drug-likeness (QED) is 0.796. The van der Waals surface area contributed by atoms with E-state index in [9.17, 15) is 0 Å². The third kappa shape index (κ3) is 4.87. The largest absolute Gasteiger partial charge is 0.310 e. The predicted octanol–water partition coefficient (Wildman–Crippen LogP) is 4.49. The molecule has 2 rings (SSSR count). The Labute approximate surface area is 132 Å². The first kappa shape index (κ1) is 16.1. The van der Waals surface area contributed by atoms with Crippen molar-refractivity contribution in [2.24, 2.45) is 0 Å². The Bertz CT molecular complexity index is 594. The average molecular weight is 300 g/mol. The highest BCUT2D eigenvalue weighted by atomic mass is 32.2. The van der Waals surface area contributed by atoms with E-state index in [4.69, 9.17) is 0 Å². The number of rotatable bonds is 6. The molecule has 0 unspecified atom stereocenters. The molecule has 0 aliphatic carbocycles. The van der Waals surface area contributed by atoms with E-state index in [1.165, 1.54) is 22.3 Å². The van der Waals surface area contributed by atoms with Crippen molar-refractivity contribution in [2.75, 3.05) is 0 Å². The van der Waals surface area contributed by atoms with Gasteiger partial charge >= 0.3 is 0 Å². The summed E-state index contributed by atoms with van der Waals surface area (Å²) < 4.78 is 0. The number of hydrogen-bond donors (Lipinski definition) is 1. The first-order valence-corrected chi connectivity index (χ1v) is 8.41. The Morgan fingerprint density at radius 2 is 1.90 bits per heavy atom. The van der Waals surface area contributed by atoms with Gasteiger partial charge in [-0.3, -0.25) is 0 Å². The summed E-state index contributed by atoms with van der Waals surface area (Å²) in [5.41, 5.74) is 5.24. The van der Waals surface area contributed by atoms with E-state index in [0.29, 0.717) is 6.04 Å². The molecule has 0 atom stereocenters. The van der Waals surface area contributed by atoms with Crippen LogP contribution in [0.15, 0.2) is 41.6 Å². The molecule has 0 fully saturated rings. The molecular weight excluding hydrogens is 276 g/mol. The minimum Gasteiger partial charge on any atom is -0.310 e. The molecule has 0 saturated heterocycles. The molecule has 112 valence electrons. The second kappa shape index (κ2) is 7.62. The van der Waals surface area contributed by atoms with Gasteiger partial charge in [0.25, 0.3) is 0 Å². The molecule has 0 spiro atoms. The number of nitrogens with zero attached hydrogens (tertiary/aromatic N) is 1. The molecule has 1 aromatic heterocycles. The van der Waals surface area contributed by atoms with Crippen LogP contribution in [-0.2, 0) is 12.3 Å². The van der Waals surface area contributed by atoms with Gasteiger partial charge in [-0.15, -0.1) is 11.8 Å². The number of nitrogens with one attached hydrogen (secondary N) is 1. The van der Waals surface area contributed by atoms with E-state index in [-0.39, 0.29) is 0 Å². The van der Waals surface area contributed by atoms with Gasteiger partial charge in [-0.25, -0.2) is 4.98 Å². The third-order valence-electron chi connectivity index (χ3n) is 3.43. The van der Waals surface area contributed by atoms with Crippen molar-refractivity contribution in [1.29, 1.82) is 0 Å². The monoisotopic (exact) mass is 300 g/mol. The Morgan fingerprint density at radius 1 is 1.14 bits per heavy atom. The highest BCUT2D eigenvalue weighted by molar-refractivity contribution is 7.98. The normalized spacial score (nSPS) is 11.1. The van der Waals surface area contributed by atoms with Crippen LogP contribution in [0.3, 0.4) is 0 Å². The fraction of sp³-hybridized carbons (Fsp3) is 0.389. The molecular formula is C18H24N2S. The second-order valence-electron chi connectivity index (χ2n) is 5.72. The van der Waals surface area contributed by atoms with Crippen molar-refractivity contribution in [3.05, 3.63) is 58.8 Å². The van der Waals surface area contributed by atoms with Crippen molar-refractivity contribution in [2.45, 2.75) is 51.1 Å². The number of hydrogen-bond acceptors (Lipinski definition) is 3. The summed E-state index contributed by atoms with van der Waals surface area (Å²) in [6, 6.07) is 11.3. The summed E-state index contributed by atoms with van der Waals surface area (Å²) in [7, 11) is 0. The van der Waals surface area contributed by atoms with Gasteiger partial charge in [0.1, 0.15) is 0 Å². The molecule has 21 heavy (non-hydrogen) atoms. The Kier molecular flexibility index (Phi) is 5.83. The highest BCUT2D eigenvalue weighted by Crippen LogP contribution is 2.25. The van der Waals surface area contributed by atoms with Gasteiger partial charge < -0.3 is 5.32 Å². The molecule has 0 aliphatic heterocycles. The SMILES string of the molecule is Cc1ccccc1CSc1ncc(CNC(C)C)cc1C. The summed E-state index contributed by atoms with van der Waals surface area (Å²) in [6.45, 7) is 9.51. The van der Waals surface area contributed by atoms with E-state index in [1.54, 1.807) is 0 Å². The molecule has 0 radical (unpaired) electrons. The van der Waals surface area contributed by atoms with Crippen molar-refractivity contribution in [3.63, 3.8) is 0 Å². The van der Waals surface area contributed by atoms with Crippen LogP contribution < -0.4 is 5.32 Å². The molecule has 1 N–H and O–H groups in total. The maximum Gasteiger partial charge on any atom is 0.0992 e. The number of aromatic nitrogens is 1. The van der Waals surface area contributed by atoms with Gasteiger partial charge in [0.2, 0.25) is 0 Å². The van der Waals surface area contributed by atoms with Crippen LogP contribution in [0, 0.1) is 13.8 Å². The fourth-order valence-corrected chi connectivity index (χ4v) is 3.14. The van der Waals surface area contributed by atoms with Gasteiger partial charge in [0.15, 0.2) is 0 Å². The number of benzene rings is 1. The van der Waals surface area contributed by atoms with E-state index in [1.807, 2.05) is 18.0 Å². The summed E-state index contributed by atoms with van der Waals surface area (Å²) in [5, 5.41) is 4.56. The van der Waals surface area contributed by atoms with Crippen LogP contribution >= 0.6 is 11.8 Å². The summed E-state index contributed by atoms with van der Waals surface area (Å²) >= 11 is 1.82. The number of aryl methyl sites for hydroxylation is 2. The summed E-state index contributed by atoms with van der Waals surface area (Å²) in [4.78, 5) is 4.62. The Hall–Kier alpha value is -1.32. The molecule has 3 heteroatoms. The minimum absolute atomic E-state index is 0.500. The van der Waals surface area contributed by atoms with E-state index in [2.05, 4.69) is 68.3 Å². The van der Waals surface area contributed by atoms with Crippen molar-refractivity contribution in [3.8, 4) is 0 Å². The van der Waals surface area contributed by atoms with Gasteiger partial charge in [-0.05, 0) is 36.1 Å². The number of thioether (sulfide) groups is 1. The summed E-state index contributed by atoms with van der Waals surface area (Å²) in [6.07, 6.45) is 1.99. The molecule has 1 heterocycles. The summed E-state index contributed by atoms with van der Waals surface area (Å²) in [5.74, 6) is 0.976. The zero-order chi connectivity index (χ0) is 15.2. The lowest BCUT2D eigenvalue weighted by atomic mass is 10.1. The first-order chi connectivity index (χ1) is 10.1. The second-order valence-corrected chi connectivity index (χ2v) is 6.68. The minimum atomic E-state index is 0.500. The van der Waals surface area contributed by atoms with Crippen LogP contribution in [0.4, 0.5) is 0 Å². The molecule has 0 amide bonds. The van der Waals surface area contributed by atoms with E-state index in [0.717, 1.165) is 17.3 Å². The van der Waals surface area contributed by atoms with Crippen LogP contribution in [0.2, 0.25) is 0 Å².